The molecule has 3 heterocycles. The van der Waals surface area contributed by atoms with Crippen molar-refractivity contribution in [2.24, 2.45) is 0 Å². The van der Waals surface area contributed by atoms with Gasteiger partial charge in [0, 0.05) is 40.0 Å². The van der Waals surface area contributed by atoms with Gasteiger partial charge in [0.2, 0.25) is 0 Å². The van der Waals surface area contributed by atoms with Crippen molar-refractivity contribution in [3.05, 3.63) is 64.2 Å². The molecule has 0 unspecified atom stereocenters. The third-order valence-electron chi connectivity index (χ3n) is 4.78. The van der Waals surface area contributed by atoms with E-state index in [-0.39, 0.29) is 5.78 Å². The van der Waals surface area contributed by atoms with E-state index < -0.39 is 0 Å². The van der Waals surface area contributed by atoms with Crippen molar-refractivity contribution < 1.29 is 4.79 Å². The molecule has 0 saturated heterocycles. The molecule has 4 aromatic rings. The molecule has 1 saturated carbocycles. The van der Waals surface area contributed by atoms with E-state index in [1.165, 1.54) is 29.5 Å². The van der Waals surface area contributed by atoms with E-state index in [1.54, 1.807) is 17.5 Å². The van der Waals surface area contributed by atoms with E-state index in [0.29, 0.717) is 11.8 Å². The molecule has 0 aliphatic heterocycles. The molecule has 5 rings (SSSR count). The van der Waals surface area contributed by atoms with Crippen LogP contribution >= 0.6 is 23.1 Å². The van der Waals surface area contributed by atoms with Crippen molar-refractivity contribution >= 4 is 39.8 Å². The molecule has 1 aliphatic rings. The van der Waals surface area contributed by atoms with E-state index in [2.05, 4.69) is 37.3 Å². The number of benzene rings is 1. The molecule has 0 atom stereocenters. The maximum Gasteiger partial charge on any atom is 0.191 e. The largest absolute Gasteiger partial charge is 0.360 e. The molecule has 1 aromatic carbocycles. The number of hydrogen-bond donors (Lipinski definition) is 1. The fourth-order valence-corrected chi connectivity index (χ4v) is 4.91. The fourth-order valence-electron chi connectivity index (χ4n) is 3.30. The quantitative estimate of drug-likeness (QED) is 0.364. The maximum absolute atomic E-state index is 12.8. The third kappa shape index (κ3) is 3.33. The van der Waals surface area contributed by atoms with Gasteiger partial charge >= 0.3 is 0 Å². The number of aromatic nitrogens is 4. The Bertz CT molecular complexity index is 1090. The number of carbonyl (C=O) groups is 1. The third-order valence-corrected chi connectivity index (χ3v) is 6.60. The maximum atomic E-state index is 12.8. The van der Waals surface area contributed by atoms with Crippen LogP contribution in [0.25, 0.3) is 10.9 Å². The van der Waals surface area contributed by atoms with E-state index in [1.807, 2.05) is 24.3 Å². The zero-order chi connectivity index (χ0) is 18.2. The number of Topliss-reactive ketones (excluding diaryl/α,β-unsaturated/α-hetero) is 1. The van der Waals surface area contributed by atoms with Crippen LogP contribution in [0, 0.1) is 0 Å². The lowest BCUT2D eigenvalue weighted by molar-refractivity contribution is 0.102. The Morgan fingerprint density at radius 2 is 2.11 bits per heavy atom. The number of nitrogens with zero attached hydrogens (tertiary/aromatic N) is 3. The summed E-state index contributed by atoms with van der Waals surface area (Å²) in [6.45, 7) is 0. The van der Waals surface area contributed by atoms with E-state index >= 15 is 0 Å². The molecular formula is C20H18N4OS2. The Morgan fingerprint density at radius 1 is 1.22 bits per heavy atom. The first-order valence-electron chi connectivity index (χ1n) is 8.98. The van der Waals surface area contributed by atoms with Crippen molar-refractivity contribution in [1.82, 2.24) is 19.7 Å². The molecule has 0 radical (unpaired) electrons. The number of H-pyrrole nitrogens is 1. The van der Waals surface area contributed by atoms with Gasteiger partial charge in [0.25, 0.3) is 0 Å². The predicted octanol–water partition coefficient (Wildman–Crippen LogP) is 4.72. The minimum atomic E-state index is 0.114. The van der Waals surface area contributed by atoms with Gasteiger partial charge in [-0.15, -0.1) is 21.5 Å². The van der Waals surface area contributed by atoms with Crippen LogP contribution in [0.3, 0.4) is 0 Å². The number of para-hydroxylation sites is 1. The number of fused-ring (bicyclic) bond motifs is 1. The van der Waals surface area contributed by atoms with E-state index in [4.69, 9.17) is 0 Å². The van der Waals surface area contributed by atoms with Crippen LogP contribution in [0.5, 0.6) is 0 Å². The minimum absolute atomic E-state index is 0.114. The molecular weight excluding hydrogens is 376 g/mol. The van der Waals surface area contributed by atoms with Crippen LogP contribution in [0.15, 0.2) is 53.1 Å². The predicted molar refractivity (Wildman–Crippen MR) is 109 cm³/mol. The zero-order valence-corrected chi connectivity index (χ0v) is 16.2. The number of rotatable bonds is 7. The normalized spacial score (nSPS) is 14.1. The Hall–Kier alpha value is -2.38. The summed E-state index contributed by atoms with van der Waals surface area (Å²) in [6.07, 6.45) is 4.94. The lowest BCUT2D eigenvalue weighted by Gasteiger charge is -2.08. The average Bonchev–Trinajstić information content (AvgIpc) is 3.10. The fraction of sp³-hybridized carbons (Fsp3) is 0.250. The summed E-state index contributed by atoms with van der Waals surface area (Å²) >= 11 is 3.23. The highest BCUT2D eigenvalue weighted by atomic mass is 32.2. The molecule has 0 amide bonds. The van der Waals surface area contributed by atoms with Gasteiger partial charge in [-0.25, -0.2) is 0 Å². The lowest BCUT2D eigenvalue weighted by atomic mass is 10.1. The summed E-state index contributed by atoms with van der Waals surface area (Å²) in [6, 6.07) is 12.6. The molecule has 0 spiro atoms. The smallest absolute Gasteiger partial charge is 0.191 e. The number of aromatic amines is 1. The van der Waals surface area contributed by atoms with Crippen LogP contribution < -0.4 is 0 Å². The van der Waals surface area contributed by atoms with E-state index in [0.717, 1.165) is 33.9 Å². The van der Waals surface area contributed by atoms with Crippen LogP contribution in [-0.2, 0) is 6.42 Å². The first-order valence-corrected chi connectivity index (χ1v) is 10.8. The number of nitrogens with one attached hydrogen (secondary N) is 1. The first-order chi connectivity index (χ1) is 13.3. The molecule has 1 N–H and O–H groups in total. The number of carbonyl (C=O) groups excluding carboxylic acids is 1. The van der Waals surface area contributed by atoms with Gasteiger partial charge in [0.05, 0.1) is 5.75 Å². The van der Waals surface area contributed by atoms with Gasteiger partial charge in [-0.1, -0.05) is 36.0 Å². The Balaban J connectivity index is 1.35. The van der Waals surface area contributed by atoms with Gasteiger partial charge < -0.3 is 9.55 Å². The topological polar surface area (TPSA) is 63.6 Å². The van der Waals surface area contributed by atoms with Crippen LogP contribution in [0.1, 0.15) is 39.9 Å². The molecule has 1 aliphatic carbocycles. The highest BCUT2D eigenvalue weighted by molar-refractivity contribution is 7.99. The number of thioether (sulfide) groups is 1. The summed E-state index contributed by atoms with van der Waals surface area (Å²) in [5, 5.41) is 12.7. The summed E-state index contributed by atoms with van der Waals surface area (Å²) in [7, 11) is 0. The van der Waals surface area contributed by atoms with Gasteiger partial charge in [0.15, 0.2) is 10.9 Å². The Kier molecular flexibility index (Phi) is 4.33. The summed E-state index contributed by atoms with van der Waals surface area (Å²) in [5.41, 5.74) is 1.74. The van der Waals surface area contributed by atoms with Gasteiger partial charge in [-0.3, -0.25) is 4.79 Å². The highest BCUT2D eigenvalue weighted by Crippen LogP contribution is 2.39. The Morgan fingerprint density at radius 3 is 2.93 bits per heavy atom. The molecule has 136 valence electrons. The van der Waals surface area contributed by atoms with Crippen LogP contribution in [0.4, 0.5) is 0 Å². The molecule has 3 aromatic heterocycles. The number of hydrogen-bond acceptors (Lipinski definition) is 5. The zero-order valence-electron chi connectivity index (χ0n) is 14.6. The second-order valence-corrected chi connectivity index (χ2v) is 8.69. The standard InChI is InChI=1S/C20H18N4OS2/c25-18(16-11-21-17-6-2-1-5-15(16)17)12-27-20-23-22-19(24(20)13-7-8-13)10-14-4-3-9-26-14/h1-6,9,11,13,21H,7-8,10,12H2. The highest BCUT2D eigenvalue weighted by Gasteiger charge is 2.30. The molecule has 5 nitrogen and oxygen atoms in total. The van der Waals surface area contributed by atoms with E-state index in [9.17, 15) is 4.79 Å². The summed E-state index contributed by atoms with van der Waals surface area (Å²) < 4.78 is 2.24. The van der Waals surface area contributed by atoms with Gasteiger partial charge in [-0.2, -0.15) is 0 Å². The minimum Gasteiger partial charge on any atom is -0.360 e. The van der Waals surface area contributed by atoms with Crippen molar-refractivity contribution in [3.8, 4) is 0 Å². The average molecular weight is 395 g/mol. The second-order valence-electron chi connectivity index (χ2n) is 6.72. The van der Waals surface area contributed by atoms with Crippen molar-refractivity contribution in [1.29, 1.82) is 0 Å². The molecule has 0 bridgehead atoms. The van der Waals surface area contributed by atoms with Crippen LogP contribution in [-0.4, -0.2) is 31.3 Å². The summed E-state index contributed by atoms with van der Waals surface area (Å²) in [4.78, 5) is 17.2. The van der Waals surface area contributed by atoms with Gasteiger partial charge in [-0.05, 0) is 30.4 Å². The second kappa shape index (κ2) is 6.98. The number of ketones is 1. The van der Waals surface area contributed by atoms with Crippen LogP contribution in [0.2, 0.25) is 0 Å². The molecule has 27 heavy (non-hydrogen) atoms. The number of thiophene rings is 1. The summed E-state index contributed by atoms with van der Waals surface area (Å²) in [5.74, 6) is 1.48. The lowest BCUT2D eigenvalue weighted by Crippen LogP contribution is -2.06. The van der Waals surface area contributed by atoms with Gasteiger partial charge in [0.1, 0.15) is 5.82 Å². The Labute approximate surface area is 164 Å². The van der Waals surface area contributed by atoms with Crippen molar-refractivity contribution in [2.75, 3.05) is 5.75 Å². The molecule has 1 fully saturated rings. The SMILES string of the molecule is O=C(CSc1nnc(Cc2cccs2)n1C1CC1)c1c[nH]c2ccccc12. The first kappa shape index (κ1) is 16.8. The van der Waals surface area contributed by atoms with Crippen molar-refractivity contribution in [3.63, 3.8) is 0 Å². The monoisotopic (exact) mass is 394 g/mol. The van der Waals surface area contributed by atoms with Crippen molar-refractivity contribution in [2.45, 2.75) is 30.5 Å². The molecule has 7 heteroatoms.